The minimum Gasteiger partial charge on any atom is -0.255 e. The summed E-state index contributed by atoms with van der Waals surface area (Å²) in [6, 6.07) is 56.2. The number of nitrogens with zero attached hydrogens (tertiary/aromatic N) is 5. The highest BCUT2D eigenvalue weighted by Crippen LogP contribution is 2.34. The number of hydrogen-bond acceptors (Lipinski definition) is 5. The summed E-state index contributed by atoms with van der Waals surface area (Å²) in [5.74, 6) is 0. The van der Waals surface area contributed by atoms with E-state index in [0.717, 1.165) is 89.4 Å². The van der Waals surface area contributed by atoms with Gasteiger partial charge in [0.15, 0.2) is 0 Å². The van der Waals surface area contributed by atoms with Crippen molar-refractivity contribution in [2.45, 2.75) is 0 Å². The van der Waals surface area contributed by atoms with E-state index in [4.69, 9.17) is 15.0 Å². The van der Waals surface area contributed by atoms with Crippen LogP contribution in [0.5, 0.6) is 0 Å². The van der Waals surface area contributed by atoms with Gasteiger partial charge in [0.05, 0.1) is 45.2 Å². The van der Waals surface area contributed by atoms with Crippen LogP contribution in [-0.4, -0.2) is 24.9 Å². The first-order chi connectivity index (χ1) is 24.7. The molecule has 5 nitrogen and oxygen atoms in total. The summed E-state index contributed by atoms with van der Waals surface area (Å²) >= 11 is 0. The molecule has 5 heterocycles. The second kappa shape index (κ2) is 12.6. The first kappa shape index (κ1) is 29.3. The third-order valence-corrected chi connectivity index (χ3v) is 8.96. The fourth-order valence-electron chi connectivity index (χ4n) is 6.42. The van der Waals surface area contributed by atoms with Gasteiger partial charge in [0.1, 0.15) is 0 Å². The van der Waals surface area contributed by atoms with Crippen LogP contribution in [0.2, 0.25) is 0 Å². The van der Waals surface area contributed by atoms with E-state index in [2.05, 4.69) is 119 Å². The molecule has 0 bridgehead atoms. The van der Waals surface area contributed by atoms with E-state index < -0.39 is 0 Å². The van der Waals surface area contributed by atoms with Crippen LogP contribution in [0.25, 0.3) is 89.4 Å². The minimum absolute atomic E-state index is 0.802. The molecule has 0 saturated heterocycles. The lowest BCUT2D eigenvalue weighted by molar-refractivity contribution is 1.22. The molecule has 0 fully saturated rings. The largest absolute Gasteiger partial charge is 0.255 e. The average Bonchev–Trinajstić information content (AvgIpc) is 3.21. The number of aromatic nitrogens is 5. The molecule has 234 valence electrons. The summed E-state index contributed by atoms with van der Waals surface area (Å²) in [6.45, 7) is 0. The number of hydrogen-bond donors (Lipinski definition) is 0. The van der Waals surface area contributed by atoms with E-state index in [1.165, 1.54) is 0 Å². The molecule has 0 unspecified atom stereocenters. The van der Waals surface area contributed by atoms with Gasteiger partial charge in [-0.25, -0.2) is 15.0 Å². The van der Waals surface area contributed by atoms with Crippen LogP contribution >= 0.6 is 0 Å². The zero-order chi connectivity index (χ0) is 33.3. The summed E-state index contributed by atoms with van der Waals surface area (Å²) in [6.07, 6.45) is 3.59. The lowest BCUT2D eigenvalue weighted by Gasteiger charge is -2.12. The van der Waals surface area contributed by atoms with Gasteiger partial charge in [-0.3, -0.25) is 9.97 Å². The van der Waals surface area contributed by atoms with Gasteiger partial charge in [-0.2, -0.15) is 0 Å². The second-order valence-electron chi connectivity index (χ2n) is 12.2. The van der Waals surface area contributed by atoms with E-state index >= 15 is 0 Å². The summed E-state index contributed by atoms with van der Waals surface area (Å²) < 4.78 is 0. The van der Waals surface area contributed by atoms with Crippen LogP contribution in [-0.2, 0) is 0 Å². The molecule has 0 N–H and O–H groups in total. The summed E-state index contributed by atoms with van der Waals surface area (Å²) in [4.78, 5) is 24.4. The molecule has 0 saturated carbocycles. The first-order valence-corrected chi connectivity index (χ1v) is 16.6. The lowest BCUT2D eigenvalue weighted by Crippen LogP contribution is -1.94. The van der Waals surface area contributed by atoms with Crippen molar-refractivity contribution < 1.29 is 0 Å². The molecule has 9 aromatic rings. The van der Waals surface area contributed by atoms with Crippen molar-refractivity contribution >= 4 is 21.8 Å². The van der Waals surface area contributed by atoms with Crippen molar-refractivity contribution in [3.63, 3.8) is 0 Å². The van der Waals surface area contributed by atoms with Gasteiger partial charge < -0.3 is 0 Å². The maximum atomic E-state index is 5.20. The molecule has 0 aliphatic carbocycles. The Kier molecular flexibility index (Phi) is 7.41. The van der Waals surface area contributed by atoms with Crippen molar-refractivity contribution in [1.82, 2.24) is 24.9 Å². The van der Waals surface area contributed by atoms with Crippen LogP contribution in [0.1, 0.15) is 0 Å². The molecule has 0 amide bonds. The minimum atomic E-state index is 0.802. The van der Waals surface area contributed by atoms with E-state index in [1.54, 1.807) is 12.4 Å². The fraction of sp³-hybridized carbons (Fsp3) is 0. The van der Waals surface area contributed by atoms with Gasteiger partial charge >= 0.3 is 0 Å². The number of rotatable bonds is 6. The molecule has 5 heteroatoms. The smallest absolute Gasteiger partial charge is 0.0972 e. The molecular weight excluding hydrogens is 611 g/mol. The Hall–Kier alpha value is -6.85. The third-order valence-electron chi connectivity index (χ3n) is 8.96. The van der Waals surface area contributed by atoms with Gasteiger partial charge in [0, 0.05) is 34.3 Å². The molecule has 50 heavy (non-hydrogen) atoms. The molecule has 4 aromatic carbocycles. The van der Waals surface area contributed by atoms with Crippen molar-refractivity contribution in [2.24, 2.45) is 0 Å². The Labute approximate surface area is 289 Å². The Morgan fingerprint density at radius 2 is 0.720 bits per heavy atom. The van der Waals surface area contributed by atoms with E-state index in [9.17, 15) is 0 Å². The molecule has 0 aliphatic rings. The predicted molar refractivity (Wildman–Crippen MR) is 203 cm³/mol. The maximum Gasteiger partial charge on any atom is 0.0972 e. The van der Waals surface area contributed by atoms with Crippen LogP contribution < -0.4 is 0 Å². The second-order valence-corrected chi connectivity index (χ2v) is 12.2. The van der Waals surface area contributed by atoms with Gasteiger partial charge in [-0.05, 0) is 82.9 Å². The standard InChI is InChI=1S/C45H29N5/c1-2-10-30(11-3-1)38-22-20-31-18-19-32-21-23-39(50-45(32)44(31)49-38)36-15-9-13-34(27-36)33-12-8-14-35(26-33)37-28-42(40-16-4-6-24-46-40)48-43(29-37)41-17-5-7-25-47-41/h1-29H. The van der Waals surface area contributed by atoms with E-state index in [-0.39, 0.29) is 0 Å². The molecule has 9 rings (SSSR count). The van der Waals surface area contributed by atoms with Crippen molar-refractivity contribution in [1.29, 1.82) is 0 Å². The Bertz CT molecular complexity index is 2580. The van der Waals surface area contributed by atoms with Crippen LogP contribution in [0.3, 0.4) is 0 Å². The molecule has 0 spiro atoms. The van der Waals surface area contributed by atoms with Gasteiger partial charge in [0.2, 0.25) is 0 Å². The third kappa shape index (κ3) is 5.67. The normalized spacial score (nSPS) is 11.2. The quantitative estimate of drug-likeness (QED) is 0.169. The highest BCUT2D eigenvalue weighted by Gasteiger charge is 2.13. The topological polar surface area (TPSA) is 64.5 Å². The van der Waals surface area contributed by atoms with Gasteiger partial charge in [-0.15, -0.1) is 0 Å². The molecule has 0 radical (unpaired) electrons. The van der Waals surface area contributed by atoms with E-state index in [0.29, 0.717) is 0 Å². The summed E-state index contributed by atoms with van der Waals surface area (Å²) in [5, 5.41) is 2.14. The first-order valence-electron chi connectivity index (χ1n) is 16.6. The van der Waals surface area contributed by atoms with Crippen LogP contribution in [0.15, 0.2) is 176 Å². The number of pyridine rings is 5. The van der Waals surface area contributed by atoms with Crippen molar-refractivity contribution in [3.8, 4) is 67.5 Å². The zero-order valence-electron chi connectivity index (χ0n) is 27.0. The molecule has 5 aromatic heterocycles. The Morgan fingerprint density at radius 1 is 0.260 bits per heavy atom. The number of fused-ring (bicyclic) bond motifs is 3. The van der Waals surface area contributed by atoms with Crippen molar-refractivity contribution in [3.05, 3.63) is 176 Å². The monoisotopic (exact) mass is 639 g/mol. The van der Waals surface area contributed by atoms with Crippen LogP contribution in [0, 0.1) is 0 Å². The fourth-order valence-corrected chi connectivity index (χ4v) is 6.42. The highest BCUT2D eigenvalue weighted by atomic mass is 14.8. The Balaban J connectivity index is 1.11. The average molecular weight is 640 g/mol. The molecule has 0 aliphatic heterocycles. The molecular formula is C45H29N5. The van der Waals surface area contributed by atoms with E-state index in [1.807, 2.05) is 54.6 Å². The maximum absolute atomic E-state index is 5.20. The SMILES string of the molecule is c1ccc(-c2ccc3ccc4ccc(-c5cccc(-c6cccc(-c7cc(-c8ccccn8)nc(-c8ccccn8)c7)c6)c5)nc4c3n2)cc1. The highest BCUT2D eigenvalue weighted by molar-refractivity contribution is 6.04. The van der Waals surface area contributed by atoms with Gasteiger partial charge in [0.25, 0.3) is 0 Å². The summed E-state index contributed by atoms with van der Waals surface area (Å²) in [5.41, 5.74) is 13.4. The number of benzene rings is 4. The zero-order valence-corrected chi connectivity index (χ0v) is 27.0. The van der Waals surface area contributed by atoms with Gasteiger partial charge in [-0.1, -0.05) is 103 Å². The Morgan fingerprint density at radius 3 is 1.28 bits per heavy atom. The lowest BCUT2D eigenvalue weighted by atomic mass is 9.96. The molecule has 0 atom stereocenters. The predicted octanol–water partition coefficient (Wildman–Crippen LogP) is 11.0. The summed E-state index contributed by atoms with van der Waals surface area (Å²) in [7, 11) is 0. The van der Waals surface area contributed by atoms with Crippen LogP contribution in [0.4, 0.5) is 0 Å². The van der Waals surface area contributed by atoms with Crippen molar-refractivity contribution in [2.75, 3.05) is 0 Å².